The number of carbonyl (C=O) groups excluding carboxylic acids is 2. The van der Waals surface area contributed by atoms with Gasteiger partial charge in [-0.25, -0.2) is 10.9 Å². The third kappa shape index (κ3) is 8.17. The Hall–Kier alpha value is -3.80. The predicted molar refractivity (Wildman–Crippen MR) is 118 cm³/mol. The molecule has 0 saturated heterocycles. The predicted octanol–water partition coefficient (Wildman–Crippen LogP) is 3.64. The smallest absolute Gasteiger partial charge is 0.252 e. The van der Waals surface area contributed by atoms with Gasteiger partial charge in [-0.1, -0.05) is 79.7 Å². The van der Waals surface area contributed by atoms with Gasteiger partial charge < -0.3 is 0 Å². The lowest BCUT2D eigenvalue weighted by atomic mass is 10.1. The second kappa shape index (κ2) is 12.6. The number of nitrogens with zero attached hydrogens (tertiary/aromatic N) is 2. The summed E-state index contributed by atoms with van der Waals surface area (Å²) in [6.07, 6.45) is 10.4. The number of hydrogen-bond acceptors (Lipinski definition) is 4. The van der Waals surface area contributed by atoms with Crippen LogP contribution in [0, 0.1) is 5.92 Å². The summed E-state index contributed by atoms with van der Waals surface area (Å²) in [5, 5.41) is 7.68. The second-order valence-corrected chi connectivity index (χ2v) is 6.01. The summed E-state index contributed by atoms with van der Waals surface area (Å²) in [6.45, 7) is 1.75. The van der Waals surface area contributed by atoms with Gasteiger partial charge >= 0.3 is 0 Å². The summed E-state index contributed by atoms with van der Waals surface area (Å²) in [7, 11) is 0. The van der Waals surface area contributed by atoms with Gasteiger partial charge in [0, 0.05) is 12.4 Å². The van der Waals surface area contributed by atoms with Crippen molar-refractivity contribution in [3.05, 3.63) is 83.9 Å². The Balaban J connectivity index is 1.77. The fourth-order valence-electron chi connectivity index (χ4n) is 2.37. The normalized spacial score (nSPS) is 11.8. The molecule has 0 aromatic heterocycles. The summed E-state index contributed by atoms with van der Waals surface area (Å²) in [5.41, 5.74) is 6.80. The van der Waals surface area contributed by atoms with Crippen molar-refractivity contribution >= 4 is 36.4 Å². The number of rotatable bonds is 9. The van der Waals surface area contributed by atoms with E-state index in [0.29, 0.717) is 6.42 Å². The highest BCUT2D eigenvalue weighted by Gasteiger charge is 2.24. The van der Waals surface area contributed by atoms with Crippen LogP contribution in [0.5, 0.6) is 0 Å². The van der Waals surface area contributed by atoms with E-state index in [1.165, 1.54) is 12.4 Å². The molecule has 2 N–H and O–H groups in total. The van der Waals surface area contributed by atoms with Gasteiger partial charge in [-0.15, -0.1) is 0 Å². The van der Waals surface area contributed by atoms with Gasteiger partial charge in [-0.3, -0.25) is 9.59 Å². The maximum atomic E-state index is 12.1. The van der Waals surface area contributed by atoms with Crippen LogP contribution in [0.1, 0.15) is 24.5 Å². The zero-order chi connectivity index (χ0) is 20.7. The van der Waals surface area contributed by atoms with E-state index in [9.17, 15) is 9.59 Å². The molecule has 0 aliphatic carbocycles. The van der Waals surface area contributed by atoms with Crippen LogP contribution in [0.2, 0.25) is 0 Å². The van der Waals surface area contributed by atoms with Crippen molar-refractivity contribution in [1.82, 2.24) is 10.9 Å². The minimum absolute atomic E-state index is 0.336. The summed E-state index contributed by atoms with van der Waals surface area (Å²) in [5.74, 6) is -1.84. The number of benzene rings is 2. The standard InChI is InChI=1S/C23H24N4O2/c1-2-21(22(28)26-24-17-9-15-19-11-5-3-6-12-19)23(29)27-25-18-10-16-20-13-7-4-8-14-20/h3-18,21H,2H2,1H3,(H,26,28)(H,27,29)/b15-9+,16-10+,24-17+,25-18+. The Morgan fingerprint density at radius 2 is 1.21 bits per heavy atom. The molecule has 0 spiro atoms. The first-order valence-corrected chi connectivity index (χ1v) is 9.30. The minimum Gasteiger partial charge on any atom is -0.272 e. The molecule has 0 heterocycles. The molecule has 6 heteroatoms. The zero-order valence-electron chi connectivity index (χ0n) is 16.2. The number of carbonyl (C=O) groups is 2. The van der Waals surface area contributed by atoms with Gasteiger partial charge in [-0.05, 0) is 29.7 Å². The van der Waals surface area contributed by atoms with E-state index >= 15 is 0 Å². The van der Waals surface area contributed by atoms with E-state index < -0.39 is 17.7 Å². The van der Waals surface area contributed by atoms with Crippen molar-refractivity contribution in [2.75, 3.05) is 0 Å². The number of hydrazone groups is 2. The molecule has 0 unspecified atom stereocenters. The van der Waals surface area contributed by atoms with Gasteiger partial charge in [-0.2, -0.15) is 10.2 Å². The number of allylic oxidation sites excluding steroid dienone is 2. The summed E-state index contributed by atoms with van der Waals surface area (Å²) in [4.78, 5) is 24.3. The molecule has 2 aromatic carbocycles. The van der Waals surface area contributed by atoms with Gasteiger partial charge in [0.2, 0.25) is 0 Å². The second-order valence-electron chi connectivity index (χ2n) is 6.01. The molecule has 148 valence electrons. The first-order chi connectivity index (χ1) is 14.2. The largest absolute Gasteiger partial charge is 0.272 e. The maximum Gasteiger partial charge on any atom is 0.252 e. The van der Waals surface area contributed by atoms with Gasteiger partial charge in [0.25, 0.3) is 11.8 Å². The molecular weight excluding hydrogens is 364 g/mol. The van der Waals surface area contributed by atoms with Gasteiger partial charge in [0.05, 0.1) is 0 Å². The van der Waals surface area contributed by atoms with Crippen molar-refractivity contribution in [3.63, 3.8) is 0 Å². The number of hydrogen-bond donors (Lipinski definition) is 2. The van der Waals surface area contributed by atoms with Crippen LogP contribution in [0.25, 0.3) is 12.2 Å². The molecule has 0 radical (unpaired) electrons. The topological polar surface area (TPSA) is 82.9 Å². The first-order valence-electron chi connectivity index (χ1n) is 9.30. The molecule has 29 heavy (non-hydrogen) atoms. The highest BCUT2D eigenvalue weighted by Crippen LogP contribution is 2.03. The lowest BCUT2D eigenvalue weighted by molar-refractivity contribution is -0.135. The van der Waals surface area contributed by atoms with Crippen LogP contribution in [-0.4, -0.2) is 24.2 Å². The van der Waals surface area contributed by atoms with E-state index in [4.69, 9.17) is 0 Å². The zero-order valence-corrected chi connectivity index (χ0v) is 16.2. The molecule has 0 fully saturated rings. The number of nitrogens with one attached hydrogen (secondary N) is 2. The molecule has 2 aromatic rings. The van der Waals surface area contributed by atoms with E-state index in [1.807, 2.05) is 72.8 Å². The van der Waals surface area contributed by atoms with Crippen LogP contribution in [-0.2, 0) is 9.59 Å². The summed E-state index contributed by atoms with van der Waals surface area (Å²) in [6, 6.07) is 19.4. The van der Waals surface area contributed by atoms with E-state index in [2.05, 4.69) is 21.1 Å². The van der Waals surface area contributed by atoms with E-state index in [-0.39, 0.29) is 0 Å². The van der Waals surface area contributed by atoms with Crippen LogP contribution >= 0.6 is 0 Å². The number of amides is 2. The molecule has 2 amide bonds. The van der Waals surface area contributed by atoms with Crippen molar-refractivity contribution in [3.8, 4) is 0 Å². The molecule has 2 rings (SSSR count). The Labute approximate surface area is 170 Å². The van der Waals surface area contributed by atoms with Crippen LogP contribution in [0.4, 0.5) is 0 Å². The first kappa shape index (κ1) is 21.5. The molecule has 6 nitrogen and oxygen atoms in total. The Morgan fingerprint density at radius 3 is 1.59 bits per heavy atom. The highest BCUT2D eigenvalue weighted by molar-refractivity contribution is 6.00. The Kier molecular flexibility index (Phi) is 9.31. The van der Waals surface area contributed by atoms with Crippen molar-refractivity contribution in [2.45, 2.75) is 13.3 Å². The fourth-order valence-corrected chi connectivity index (χ4v) is 2.37. The third-order valence-corrected chi connectivity index (χ3v) is 3.89. The van der Waals surface area contributed by atoms with Gasteiger partial charge in [0.15, 0.2) is 0 Å². The molecular formula is C23H24N4O2. The van der Waals surface area contributed by atoms with Crippen LogP contribution < -0.4 is 10.9 Å². The summed E-state index contributed by atoms with van der Waals surface area (Å²) < 4.78 is 0. The quantitative estimate of drug-likeness (QED) is 0.390. The minimum atomic E-state index is -0.875. The third-order valence-electron chi connectivity index (χ3n) is 3.89. The highest BCUT2D eigenvalue weighted by atomic mass is 16.2. The molecule has 0 aliphatic rings. The fraction of sp³-hybridized carbons (Fsp3) is 0.130. The average molecular weight is 388 g/mol. The lowest BCUT2D eigenvalue weighted by Gasteiger charge is -2.10. The molecule has 0 bridgehead atoms. The Bertz CT molecular complexity index is 814. The van der Waals surface area contributed by atoms with Crippen molar-refractivity contribution in [1.29, 1.82) is 0 Å². The van der Waals surface area contributed by atoms with E-state index in [1.54, 1.807) is 19.1 Å². The van der Waals surface area contributed by atoms with E-state index in [0.717, 1.165) is 11.1 Å². The monoisotopic (exact) mass is 388 g/mol. The SMILES string of the molecule is CCC(C(=O)N/N=C/C=C/c1ccccc1)C(=O)N/N=C/C=C/c1ccccc1. The average Bonchev–Trinajstić information content (AvgIpc) is 2.75. The van der Waals surface area contributed by atoms with Crippen LogP contribution in [0.3, 0.4) is 0 Å². The molecule has 0 saturated carbocycles. The van der Waals surface area contributed by atoms with Gasteiger partial charge in [0.1, 0.15) is 5.92 Å². The lowest BCUT2D eigenvalue weighted by Crippen LogP contribution is -2.37. The van der Waals surface area contributed by atoms with Crippen LogP contribution in [0.15, 0.2) is 83.0 Å². The Morgan fingerprint density at radius 1 is 0.793 bits per heavy atom. The molecule has 0 aliphatic heterocycles. The molecule has 0 atom stereocenters. The van der Waals surface area contributed by atoms with Crippen molar-refractivity contribution < 1.29 is 9.59 Å². The summed E-state index contributed by atoms with van der Waals surface area (Å²) >= 11 is 0. The maximum absolute atomic E-state index is 12.1. The van der Waals surface area contributed by atoms with Crippen molar-refractivity contribution in [2.24, 2.45) is 16.1 Å².